The van der Waals surface area contributed by atoms with Crippen molar-refractivity contribution in [2.24, 2.45) is 5.92 Å². The van der Waals surface area contributed by atoms with Crippen LogP contribution < -0.4 is 40.5 Å². The smallest absolute Gasteiger partial charge is 0.354 e. The van der Waals surface area contributed by atoms with Crippen molar-refractivity contribution in [3.05, 3.63) is 152 Å². The van der Waals surface area contributed by atoms with Crippen LogP contribution in [0.1, 0.15) is 114 Å². The van der Waals surface area contributed by atoms with Crippen LogP contribution in [-0.4, -0.2) is 105 Å². The van der Waals surface area contributed by atoms with Gasteiger partial charge in [-0.15, -0.1) is 0 Å². The Morgan fingerprint density at radius 1 is 0.613 bits per heavy atom. The summed E-state index contributed by atoms with van der Waals surface area (Å²) in [6.07, 6.45) is 7.18. The maximum absolute atomic E-state index is 15.6. The van der Waals surface area contributed by atoms with Crippen molar-refractivity contribution in [3.63, 3.8) is 0 Å². The Hall–Kier alpha value is -7.77. The van der Waals surface area contributed by atoms with Crippen LogP contribution in [0, 0.1) is 29.2 Å². The van der Waals surface area contributed by atoms with Crippen LogP contribution >= 0.6 is 0 Å². The molecule has 8 heterocycles. The first-order valence-electron chi connectivity index (χ1n) is 27.5. The lowest BCUT2D eigenvalue weighted by Gasteiger charge is -2.45. The SMILES string of the molecule is C=CC(=O)N1C[C@H](C)N(c2nc(=O)n(-c3c(F)ccnc3C(C)C)c3c2CCN(c2c(F)cccc2OC)C3)C[C@H]1C.COc1cccc(F)c1N1CCc2c(N3C[C@@H](C)CC[C@@H]3C)nc(=O)n(-c3c(F)ccnc3C(C)C)c2C1. The van der Waals surface area contributed by atoms with Crippen LogP contribution in [0.2, 0.25) is 0 Å². The lowest BCUT2D eigenvalue weighted by atomic mass is 9.93. The van der Waals surface area contributed by atoms with Crippen molar-refractivity contribution in [1.82, 2.24) is 34.0 Å². The summed E-state index contributed by atoms with van der Waals surface area (Å²) in [7, 11) is 2.99. The lowest BCUT2D eigenvalue weighted by Crippen LogP contribution is -2.58. The number of halogens is 4. The molecule has 2 aromatic carbocycles. The summed E-state index contributed by atoms with van der Waals surface area (Å²) in [6, 6.07) is 11.8. The Morgan fingerprint density at radius 2 is 1.06 bits per heavy atom. The second kappa shape index (κ2) is 23.5. The van der Waals surface area contributed by atoms with Crippen LogP contribution in [0.3, 0.4) is 0 Å². The summed E-state index contributed by atoms with van der Waals surface area (Å²) >= 11 is 0. The van der Waals surface area contributed by atoms with Crippen molar-refractivity contribution in [2.45, 2.75) is 124 Å². The van der Waals surface area contributed by atoms with Crippen molar-refractivity contribution < 1.29 is 31.8 Å². The minimum atomic E-state index is -0.649. The predicted octanol–water partition coefficient (Wildman–Crippen LogP) is 9.44. The Kier molecular flexibility index (Phi) is 16.7. The lowest BCUT2D eigenvalue weighted by molar-refractivity contribution is -0.128. The number of carbonyl (C=O) groups excluding carboxylic acids is 1. The van der Waals surface area contributed by atoms with E-state index < -0.39 is 34.6 Å². The van der Waals surface area contributed by atoms with Gasteiger partial charge in [-0.05, 0) is 107 Å². The van der Waals surface area contributed by atoms with Crippen molar-refractivity contribution in [2.75, 3.05) is 66.5 Å². The molecule has 4 atom stereocenters. The fourth-order valence-corrected chi connectivity index (χ4v) is 11.9. The number of fused-ring (bicyclic) bond motifs is 2. The molecule has 6 aromatic rings. The number of para-hydroxylation sites is 2. The van der Waals surface area contributed by atoms with Gasteiger partial charge in [-0.25, -0.2) is 27.2 Å². The summed E-state index contributed by atoms with van der Waals surface area (Å²) in [5.41, 5.74) is 3.27. The highest BCUT2D eigenvalue weighted by atomic mass is 19.1. The van der Waals surface area contributed by atoms with E-state index in [0.29, 0.717) is 96.5 Å². The van der Waals surface area contributed by atoms with Crippen LogP contribution in [0.4, 0.5) is 40.6 Å². The molecule has 4 aliphatic rings. The van der Waals surface area contributed by atoms with E-state index in [-0.39, 0.29) is 66.0 Å². The van der Waals surface area contributed by atoms with E-state index in [1.165, 1.54) is 66.1 Å². The van der Waals surface area contributed by atoms with Gasteiger partial charge in [-0.2, -0.15) is 9.97 Å². The number of amides is 1. The van der Waals surface area contributed by atoms with Crippen molar-refractivity contribution >= 4 is 28.9 Å². The van der Waals surface area contributed by atoms with Gasteiger partial charge < -0.3 is 34.0 Å². The van der Waals surface area contributed by atoms with Gasteiger partial charge in [0.2, 0.25) is 5.91 Å². The summed E-state index contributed by atoms with van der Waals surface area (Å²) in [5.74, 6) is -0.0468. The number of piperidine rings is 1. The predicted molar refractivity (Wildman–Crippen MR) is 302 cm³/mol. The first-order chi connectivity index (χ1) is 38.3. The van der Waals surface area contributed by atoms with Gasteiger partial charge in [-0.1, -0.05) is 53.3 Å². The number of nitrogens with zero attached hydrogens (tertiary/aromatic N) is 11. The van der Waals surface area contributed by atoms with E-state index in [1.807, 2.05) is 56.2 Å². The second-order valence-corrected chi connectivity index (χ2v) is 22.0. The number of hydrogen-bond donors (Lipinski definition) is 0. The molecule has 10 rings (SSSR count). The van der Waals surface area contributed by atoms with E-state index in [0.717, 1.165) is 30.5 Å². The van der Waals surface area contributed by atoms with Gasteiger partial charge in [-0.3, -0.25) is 23.9 Å². The first-order valence-corrected chi connectivity index (χ1v) is 27.5. The monoisotopic (exact) mass is 1100 g/mol. The Labute approximate surface area is 464 Å². The van der Waals surface area contributed by atoms with E-state index in [1.54, 1.807) is 29.2 Å². The van der Waals surface area contributed by atoms with Crippen LogP contribution in [-0.2, 0) is 30.7 Å². The summed E-state index contributed by atoms with van der Waals surface area (Å²) in [6.45, 7) is 22.4. The van der Waals surface area contributed by atoms with Crippen LogP contribution in [0.5, 0.6) is 11.5 Å². The fourth-order valence-electron chi connectivity index (χ4n) is 11.9. The average Bonchev–Trinajstić information content (AvgIpc) is 3.54. The number of pyridine rings is 2. The molecule has 80 heavy (non-hydrogen) atoms. The van der Waals surface area contributed by atoms with Crippen LogP contribution in [0.15, 0.2) is 83.2 Å². The molecule has 1 amide bonds. The number of anilines is 4. The minimum Gasteiger partial charge on any atom is -0.494 e. The zero-order chi connectivity index (χ0) is 57.4. The number of methoxy groups -OCH3 is 2. The molecular weight excluding hydrogens is 1030 g/mol. The third kappa shape index (κ3) is 10.7. The normalized spacial score (nSPS) is 19.1. The van der Waals surface area contributed by atoms with Crippen LogP contribution in [0.25, 0.3) is 11.4 Å². The van der Waals surface area contributed by atoms with Gasteiger partial charge >= 0.3 is 11.4 Å². The molecule has 2 fully saturated rings. The molecule has 16 nitrogen and oxygen atoms in total. The first kappa shape index (κ1) is 56.9. The topological polar surface area (TPSA) is 147 Å². The molecule has 0 spiro atoms. The standard InChI is InChI=1S/C31H36F2N6O3.C29H35F2N5O2/c1-7-26(40)37-15-20(5)38(16-19(37)4)30-21-12-14-36(28-22(32)9-8-10-25(28)42-6)17-24(21)39(31(41)35-30)29-23(33)11-13-34-27(29)18(2)3;1-17(2)25-27(22(31)11-13-32-25)36-23-16-34(26-21(30)7-6-8-24(26)38-5)14-12-20(23)28(33-29(36)37)35-15-18(3)9-10-19(35)4/h7-11,13,18-20H,1,12,14-17H2,2-6H3;6-8,11,13,17-19H,9-10,12,14-16H2,1-5H3/t19-,20+;18-,19-/m10/s1. The molecule has 0 unspecified atom stereocenters. The Morgan fingerprint density at radius 3 is 1.50 bits per heavy atom. The molecular formula is C60H71F4N11O5. The third-order valence-electron chi connectivity index (χ3n) is 15.9. The Balaban J connectivity index is 0.000000195. The zero-order valence-corrected chi connectivity index (χ0v) is 47.3. The van der Waals surface area contributed by atoms with Gasteiger partial charge in [0.25, 0.3) is 0 Å². The maximum Gasteiger partial charge on any atom is 0.354 e. The molecule has 0 N–H and O–H groups in total. The van der Waals surface area contributed by atoms with Crippen molar-refractivity contribution in [3.8, 4) is 22.9 Å². The largest absolute Gasteiger partial charge is 0.494 e. The zero-order valence-electron chi connectivity index (χ0n) is 47.3. The molecule has 0 radical (unpaired) electrons. The van der Waals surface area contributed by atoms with E-state index in [9.17, 15) is 14.4 Å². The number of piperazine rings is 1. The highest BCUT2D eigenvalue weighted by Gasteiger charge is 2.38. The van der Waals surface area contributed by atoms with E-state index in [2.05, 4.69) is 45.3 Å². The number of ether oxygens (including phenoxy) is 2. The molecule has 0 bridgehead atoms. The number of benzene rings is 2. The number of rotatable bonds is 11. The number of carbonyl (C=O) groups is 1. The number of hydrogen-bond acceptors (Lipinski definition) is 13. The van der Waals surface area contributed by atoms with Gasteiger partial charge in [0.05, 0.1) is 50.1 Å². The van der Waals surface area contributed by atoms with Gasteiger partial charge in [0.1, 0.15) is 57.5 Å². The molecule has 0 saturated carbocycles. The van der Waals surface area contributed by atoms with E-state index >= 15 is 17.6 Å². The second-order valence-electron chi connectivity index (χ2n) is 22.0. The molecule has 2 saturated heterocycles. The molecule has 0 aliphatic carbocycles. The fraction of sp³-hybridized carbons (Fsp3) is 0.450. The van der Waals surface area contributed by atoms with E-state index in [4.69, 9.17) is 9.47 Å². The van der Waals surface area contributed by atoms with Crippen molar-refractivity contribution in [1.29, 1.82) is 0 Å². The molecule has 4 aromatic heterocycles. The minimum absolute atomic E-state index is 0.0537. The molecule has 424 valence electrons. The molecule has 20 heteroatoms. The average molecular weight is 1100 g/mol. The maximum atomic E-state index is 15.6. The van der Waals surface area contributed by atoms with Gasteiger partial charge in [0, 0.05) is 74.4 Å². The van der Waals surface area contributed by atoms with Gasteiger partial charge in [0.15, 0.2) is 11.6 Å². The summed E-state index contributed by atoms with van der Waals surface area (Å²) in [5, 5.41) is 0. The summed E-state index contributed by atoms with van der Waals surface area (Å²) < 4.78 is 75.0. The third-order valence-corrected chi connectivity index (χ3v) is 15.9. The number of aromatic nitrogens is 6. The Bertz CT molecular complexity index is 3440. The quantitative estimate of drug-likeness (QED) is 0.0898. The molecule has 4 aliphatic heterocycles. The highest BCUT2D eigenvalue weighted by Crippen LogP contribution is 2.41. The summed E-state index contributed by atoms with van der Waals surface area (Å²) in [4.78, 5) is 67.9. The highest BCUT2D eigenvalue weighted by molar-refractivity contribution is 5.87.